The highest BCUT2D eigenvalue weighted by Crippen LogP contribution is 2.22. The Morgan fingerprint density at radius 1 is 1.62 bits per heavy atom. The summed E-state index contributed by atoms with van der Waals surface area (Å²) in [7, 11) is 0. The normalized spacial score (nSPS) is 28.8. The van der Waals surface area contributed by atoms with Crippen LogP contribution >= 0.6 is 0 Å². The Hall–Kier alpha value is -0.810. The van der Waals surface area contributed by atoms with Crippen LogP contribution in [0.5, 0.6) is 0 Å². The predicted octanol–water partition coefficient (Wildman–Crippen LogP) is 0.195. The number of ether oxygens (including phenoxy) is 2. The Labute approximate surface area is 77.6 Å². The van der Waals surface area contributed by atoms with Crippen LogP contribution in [-0.4, -0.2) is 30.6 Å². The van der Waals surface area contributed by atoms with Gasteiger partial charge in [-0.1, -0.05) is 0 Å². The van der Waals surface area contributed by atoms with Gasteiger partial charge in [-0.05, 0) is 20.8 Å². The molecule has 3 N–H and O–H groups in total. The molecule has 5 nitrogen and oxygen atoms in total. The van der Waals surface area contributed by atoms with Gasteiger partial charge in [0.25, 0.3) is 0 Å². The molecule has 5 heteroatoms. The minimum atomic E-state index is -0.725. The Morgan fingerprint density at radius 2 is 2.15 bits per heavy atom. The molecule has 2 heterocycles. The number of nitrogens with one attached hydrogen (secondary N) is 1. The predicted molar refractivity (Wildman–Crippen MR) is 47.1 cm³/mol. The van der Waals surface area contributed by atoms with Gasteiger partial charge in [-0.15, -0.1) is 0 Å². The van der Waals surface area contributed by atoms with Crippen LogP contribution in [-0.2, 0) is 9.47 Å². The van der Waals surface area contributed by atoms with Crippen LogP contribution in [0, 0.1) is 0 Å². The molecular weight excluding hydrogens is 172 g/mol. The molecular formula is C8H16N2O3. The molecule has 2 atom stereocenters. The van der Waals surface area contributed by atoms with Gasteiger partial charge in [0, 0.05) is 0 Å². The number of carbonyl (C=O) groups excluding carboxylic acids is 1. The highest BCUT2D eigenvalue weighted by atomic mass is 16.6. The third-order valence-corrected chi connectivity index (χ3v) is 1.50. The van der Waals surface area contributed by atoms with Gasteiger partial charge >= 0.3 is 6.09 Å². The zero-order chi connectivity index (χ0) is 10.1. The van der Waals surface area contributed by atoms with Gasteiger partial charge < -0.3 is 15.2 Å². The monoisotopic (exact) mass is 188 g/mol. The lowest BCUT2D eigenvalue weighted by molar-refractivity contribution is 0.0483. The van der Waals surface area contributed by atoms with Gasteiger partial charge in [0.15, 0.2) is 0 Å². The second-order valence-corrected chi connectivity index (χ2v) is 4.06. The van der Waals surface area contributed by atoms with E-state index in [9.17, 15) is 4.79 Å². The van der Waals surface area contributed by atoms with E-state index < -0.39 is 11.7 Å². The van der Waals surface area contributed by atoms with Crippen LogP contribution in [0.25, 0.3) is 0 Å². The zero-order valence-corrected chi connectivity index (χ0v) is 8.16. The number of hydrogen-bond donors (Lipinski definition) is 2. The van der Waals surface area contributed by atoms with Crippen LogP contribution in [0.15, 0.2) is 0 Å². The lowest BCUT2D eigenvalue weighted by Gasteiger charge is -2.16. The van der Waals surface area contributed by atoms with E-state index in [1.807, 2.05) is 0 Å². The van der Waals surface area contributed by atoms with Crippen molar-refractivity contribution in [2.75, 3.05) is 6.61 Å². The summed E-state index contributed by atoms with van der Waals surface area (Å²) in [6, 6.07) is 0.759. The Kier molecular flexibility index (Phi) is 2.77. The molecule has 0 spiro atoms. The summed E-state index contributed by atoms with van der Waals surface area (Å²) in [5.41, 5.74) is 4.26. The van der Waals surface area contributed by atoms with Gasteiger partial charge in [0.1, 0.15) is 11.8 Å². The van der Waals surface area contributed by atoms with Crippen LogP contribution in [0.4, 0.5) is 4.79 Å². The fourth-order valence-electron chi connectivity index (χ4n) is 0.842. The van der Waals surface area contributed by atoms with Crippen molar-refractivity contribution in [3.8, 4) is 0 Å². The molecule has 76 valence electrons. The van der Waals surface area contributed by atoms with E-state index in [-0.39, 0.29) is 0 Å². The highest BCUT2D eigenvalue weighted by molar-refractivity contribution is 5.65. The summed E-state index contributed by atoms with van der Waals surface area (Å²) in [6.07, 6.45) is -0.243. The van der Waals surface area contributed by atoms with Gasteiger partial charge in [0.2, 0.25) is 0 Å². The number of primary amides is 1. The Bertz CT molecular complexity index is 188. The summed E-state index contributed by atoms with van der Waals surface area (Å²) >= 11 is 0. The lowest BCUT2D eigenvalue weighted by atomic mass is 10.2. The van der Waals surface area contributed by atoms with Crippen molar-refractivity contribution in [1.29, 1.82) is 0 Å². The first-order valence-corrected chi connectivity index (χ1v) is 4.24. The first-order chi connectivity index (χ1) is 5.88. The van der Waals surface area contributed by atoms with Crippen molar-refractivity contribution in [2.45, 2.75) is 38.6 Å². The number of carbonyl (C=O) groups is 1. The fourth-order valence-corrected chi connectivity index (χ4v) is 0.842. The third-order valence-electron chi connectivity index (χ3n) is 1.50. The maximum atomic E-state index is 10.0. The molecule has 2 aliphatic heterocycles. The van der Waals surface area contributed by atoms with E-state index in [0.29, 0.717) is 6.23 Å². The minimum Gasteiger partial charge on any atom is -0.444 e. The molecule has 0 saturated carbocycles. The molecule has 0 aromatic carbocycles. The van der Waals surface area contributed by atoms with Crippen molar-refractivity contribution < 1.29 is 14.3 Å². The van der Waals surface area contributed by atoms with E-state index >= 15 is 0 Å². The third kappa shape index (κ3) is 4.10. The molecule has 2 aliphatic rings. The number of rotatable bonds is 0. The standard InChI is InChI=1S/C5H11NO2.C3H5NO/c1-5(2,3)8-4(6)7;1-2-3(4-2)5-1/h1-3H3,(H2,6,7);2-4H,1H2. The van der Waals surface area contributed by atoms with Crippen molar-refractivity contribution in [1.82, 2.24) is 5.32 Å². The topological polar surface area (TPSA) is 83.5 Å². The number of hydrogen-bond acceptors (Lipinski definition) is 4. The van der Waals surface area contributed by atoms with E-state index in [1.165, 1.54) is 0 Å². The van der Waals surface area contributed by atoms with Crippen LogP contribution in [0.3, 0.4) is 0 Å². The molecule has 0 aliphatic carbocycles. The van der Waals surface area contributed by atoms with E-state index in [0.717, 1.165) is 12.6 Å². The van der Waals surface area contributed by atoms with E-state index in [2.05, 4.69) is 10.1 Å². The highest BCUT2D eigenvalue weighted by Gasteiger charge is 2.46. The summed E-state index contributed by atoms with van der Waals surface area (Å²) in [5.74, 6) is 0. The fraction of sp³-hybridized carbons (Fsp3) is 0.875. The minimum absolute atomic E-state index is 0.453. The molecule has 2 saturated heterocycles. The molecule has 1 amide bonds. The first-order valence-electron chi connectivity index (χ1n) is 4.24. The molecule has 2 fully saturated rings. The average molecular weight is 188 g/mol. The quantitative estimate of drug-likeness (QED) is 0.532. The Balaban J connectivity index is 0.000000140. The summed E-state index contributed by atoms with van der Waals surface area (Å²) in [5, 5.41) is 3.08. The lowest BCUT2D eigenvalue weighted by Crippen LogP contribution is -2.27. The SMILES string of the molecule is C1OC2NC12.CC(C)(C)OC(N)=O. The van der Waals surface area contributed by atoms with E-state index in [1.54, 1.807) is 20.8 Å². The van der Waals surface area contributed by atoms with Crippen molar-refractivity contribution >= 4 is 6.09 Å². The zero-order valence-electron chi connectivity index (χ0n) is 8.16. The van der Waals surface area contributed by atoms with E-state index in [4.69, 9.17) is 10.5 Å². The summed E-state index contributed by atoms with van der Waals surface area (Å²) < 4.78 is 9.47. The number of nitrogens with two attached hydrogens (primary N) is 1. The molecule has 0 radical (unpaired) electrons. The molecule has 2 rings (SSSR count). The largest absolute Gasteiger partial charge is 0.444 e. The second-order valence-electron chi connectivity index (χ2n) is 4.06. The summed E-state index contributed by atoms with van der Waals surface area (Å²) in [4.78, 5) is 10.0. The Morgan fingerprint density at radius 3 is 2.15 bits per heavy atom. The van der Waals surface area contributed by atoms with Gasteiger partial charge in [-0.25, -0.2) is 4.79 Å². The maximum Gasteiger partial charge on any atom is 0.405 e. The average Bonchev–Trinajstić information content (AvgIpc) is 2.32. The van der Waals surface area contributed by atoms with Crippen molar-refractivity contribution in [2.24, 2.45) is 5.73 Å². The smallest absolute Gasteiger partial charge is 0.405 e. The van der Waals surface area contributed by atoms with Gasteiger partial charge in [0.05, 0.1) is 12.6 Å². The molecule has 2 unspecified atom stereocenters. The van der Waals surface area contributed by atoms with Crippen molar-refractivity contribution in [3.63, 3.8) is 0 Å². The number of amides is 1. The molecule has 13 heavy (non-hydrogen) atoms. The van der Waals surface area contributed by atoms with Gasteiger partial charge in [-0.3, -0.25) is 5.32 Å². The summed E-state index contributed by atoms with van der Waals surface area (Å²) in [6.45, 7) is 6.23. The molecule has 0 bridgehead atoms. The van der Waals surface area contributed by atoms with Crippen molar-refractivity contribution in [3.05, 3.63) is 0 Å². The first kappa shape index (κ1) is 10.3. The number of fused-ring (bicyclic) bond motifs is 1. The second kappa shape index (κ2) is 3.51. The molecule has 0 aromatic heterocycles. The van der Waals surface area contributed by atoms with Crippen LogP contribution in [0.2, 0.25) is 0 Å². The van der Waals surface area contributed by atoms with Crippen LogP contribution in [0.1, 0.15) is 20.8 Å². The maximum absolute atomic E-state index is 10.0. The molecule has 0 aromatic rings. The van der Waals surface area contributed by atoms with Crippen LogP contribution < -0.4 is 11.1 Å². The van der Waals surface area contributed by atoms with Gasteiger partial charge in [-0.2, -0.15) is 0 Å².